The summed E-state index contributed by atoms with van der Waals surface area (Å²) in [7, 11) is 0. The number of pyridine rings is 1. The molecule has 0 radical (unpaired) electrons. The van der Waals surface area contributed by atoms with E-state index in [4.69, 9.17) is 17.2 Å². The van der Waals surface area contributed by atoms with Crippen LogP contribution in [0.1, 0.15) is 30.6 Å². The molecule has 0 unspecified atom stereocenters. The minimum absolute atomic E-state index is 0.0945. The van der Waals surface area contributed by atoms with Crippen LogP contribution in [0.3, 0.4) is 0 Å². The van der Waals surface area contributed by atoms with Gasteiger partial charge < -0.3 is 22.5 Å². The maximum Gasteiger partial charge on any atom is 0.252 e. The second-order valence-corrected chi connectivity index (χ2v) is 4.68. The fourth-order valence-electron chi connectivity index (χ4n) is 1.57. The summed E-state index contributed by atoms with van der Waals surface area (Å²) in [6.07, 6.45) is 1.49. The van der Waals surface area contributed by atoms with Gasteiger partial charge in [0.1, 0.15) is 5.82 Å². The topological polar surface area (TPSA) is 137 Å². The first-order valence-corrected chi connectivity index (χ1v) is 5.33. The molecule has 0 aliphatic rings. The Morgan fingerprint density at radius 2 is 2.00 bits per heavy atom. The molecule has 0 saturated carbocycles. The monoisotopic (exact) mass is 251 g/mol. The number of hydrogen-bond acceptors (Lipinski definition) is 5. The number of amides is 2. The Bertz CT molecular complexity index is 484. The van der Waals surface area contributed by atoms with Gasteiger partial charge in [0.25, 0.3) is 5.91 Å². The highest BCUT2D eigenvalue weighted by Crippen LogP contribution is 2.21. The van der Waals surface area contributed by atoms with Gasteiger partial charge in [0.15, 0.2) is 0 Å². The van der Waals surface area contributed by atoms with Gasteiger partial charge in [0, 0.05) is 12.0 Å². The molecule has 0 aromatic carbocycles. The zero-order valence-electron chi connectivity index (χ0n) is 10.4. The molecule has 0 atom stereocenters. The second kappa shape index (κ2) is 4.91. The van der Waals surface area contributed by atoms with E-state index in [9.17, 15) is 9.59 Å². The van der Waals surface area contributed by atoms with Gasteiger partial charge in [-0.2, -0.15) is 0 Å². The van der Waals surface area contributed by atoms with Gasteiger partial charge in [-0.1, -0.05) is 0 Å². The molecule has 0 aliphatic carbocycles. The van der Waals surface area contributed by atoms with Crippen LogP contribution in [-0.2, 0) is 4.79 Å². The van der Waals surface area contributed by atoms with Crippen molar-refractivity contribution in [3.63, 3.8) is 0 Å². The minimum atomic E-state index is -0.646. The van der Waals surface area contributed by atoms with E-state index in [1.54, 1.807) is 13.8 Å². The van der Waals surface area contributed by atoms with Crippen LogP contribution in [0.5, 0.6) is 0 Å². The number of anilines is 2. The maximum atomic E-state index is 11.3. The Balaban J connectivity index is 3.03. The van der Waals surface area contributed by atoms with Crippen LogP contribution in [-0.4, -0.2) is 22.3 Å². The number of nitrogen functional groups attached to an aromatic ring is 1. The molecule has 0 fully saturated rings. The quantitative estimate of drug-likeness (QED) is 0.575. The van der Waals surface area contributed by atoms with Gasteiger partial charge in [-0.25, -0.2) is 4.98 Å². The lowest BCUT2D eigenvalue weighted by Gasteiger charge is -2.26. The fourth-order valence-corrected chi connectivity index (χ4v) is 1.57. The third kappa shape index (κ3) is 3.62. The molecular formula is C11H17N5O2. The van der Waals surface area contributed by atoms with Crippen LogP contribution in [0.15, 0.2) is 12.3 Å². The first-order chi connectivity index (χ1) is 8.21. The average Bonchev–Trinajstić information content (AvgIpc) is 2.18. The molecule has 7 heteroatoms. The number of rotatable bonds is 5. The van der Waals surface area contributed by atoms with Gasteiger partial charge in [-0.05, 0) is 19.9 Å². The number of primary amides is 2. The molecule has 0 spiro atoms. The molecule has 98 valence electrons. The number of nitrogens with one attached hydrogen (secondary N) is 1. The molecule has 2 amide bonds. The van der Waals surface area contributed by atoms with Crippen molar-refractivity contribution in [1.82, 2.24) is 4.98 Å². The SMILES string of the molecule is CC(C)(CC(N)=O)Nc1ncc(N)cc1C(N)=O. The van der Waals surface area contributed by atoms with Crippen molar-refractivity contribution in [2.45, 2.75) is 25.8 Å². The van der Waals surface area contributed by atoms with Gasteiger partial charge >= 0.3 is 0 Å². The Morgan fingerprint density at radius 1 is 1.39 bits per heavy atom. The number of hydrogen-bond donors (Lipinski definition) is 4. The smallest absolute Gasteiger partial charge is 0.252 e. The number of carbonyl (C=O) groups is 2. The molecule has 0 aliphatic heterocycles. The van der Waals surface area contributed by atoms with E-state index >= 15 is 0 Å². The summed E-state index contributed by atoms with van der Waals surface area (Å²) in [4.78, 5) is 26.2. The van der Waals surface area contributed by atoms with Crippen molar-refractivity contribution in [2.75, 3.05) is 11.1 Å². The van der Waals surface area contributed by atoms with E-state index in [-0.39, 0.29) is 17.8 Å². The molecule has 7 nitrogen and oxygen atoms in total. The summed E-state index contributed by atoms with van der Waals surface area (Å²) < 4.78 is 0. The summed E-state index contributed by atoms with van der Waals surface area (Å²) in [6.45, 7) is 3.53. The van der Waals surface area contributed by atoms with E-state index < -0.39 is 17.4 Å². The molecular weight excluding hydrogens is 234 g/mol. The third-order valence-corrected chi connectivity index (χ3v) is 2.25. The number of aromatic nitrogens is 1. The van der Waals surface area contributed by atoms with E-state index in [1.807, 2.05) is 0 Å². The summed E-state index contributed by atoms with van der Waals surface area (Å²) in [5, 5.41) is 2.96. The second-order valence-electron chi connectivity index (χ2n) is 4.68. The van der Waals surface area contributed by atoms with E-state index in [0.717, 1.165) is 0 Å². The Kier molecular flexibility index (Phi) is 3.75. The lowest BCUT2D eigenvalue weighted by molar-refractivity contribution is -0.118. The predicted molar refractivity (Wildman–Crippen MR) is 68.7 cm³/mol. The Hall–Kier alpha value is -2.31. The van der Waals surface area contributed by atoms with Gasteiger partial charge in [0.05, 0.1) is 17.4 Å². The Morgan fingerprint density at radius 3 is 2.50 bits per heavy atom. The standard InChI is InChI=1S/C11H17N5O2/c1-11(2,4-8(13)17)16-10-7(9(14)18)3-6(12)5-15-10/h3,5H,4,12H2,1-2H3,(H2,13,17)(H2,14,18)(H,15,16). The molecule has 1 aromatic heterocycles. The highest BCUT2D eigenvalue weighted by Gasteiger charge is 2.23. The van der Waals surface area contributed by atoms with Crippen LogP contribution in [0.25, 0.3) is 0 Å². The third-order valence-electron chi connectivity index (χ3n) is 2.25. The van der Waals surface area contributed by atoms with Crippen LogP contribution >= 0.6 is 0 Å². The molecule has 1 rings (SSSR count). The van der Waals surface area contributed by atoms with Crippen molar-refractivity contribution in [2.24, 2.45) is 11.5 Å². The lowest BCUT2D eigenvalue weighted by Crippen LogP contribution is -2.37. The summed E-state index contributed by atoms with van der Waals surface area (Å²) >= 11 is 0. The molecule has 1 heterocycles. The first kappa shape index (κ1) is 13.8. The number of nitrogens with zero attached hydrogens (tertiary/aromatic N) is 1. The molecule has 7 N–H and O–H groups in total. The molecule has 1 aromatic rings. The summed E-state index contributed by atoms with van der Waals surface area (Å²) in [5.74, 6) is -0.821. The van der Waals surface area contributed by atoms with Gasteiger partial charge in [0.2, 0.25) is 5.91 Å². The van der Waals surface area contributed by atoms with Crippen LogP contribution in [0, 0.1) is 0 Å². The van der Waals surface area contributed by atoms with Crippen molar-refractivity contribution in [1.29, 1.82) is 0 Å². The van der Waals surface area contributed by atoms with Crippen LogP contribution in [0.2, 0.25) is 0 Å². The van der Waals surface area contributed by atoms with Gasteiger partial charge in [-0.3, -0.25) is 9.59 Å². The molecule has 0 bridgehead atoms. The predicted octanol–water partition coefficient (Wildman–Crippen LogP) is -0.171. The molecule has 18 heavy (non-hydrogen) atoms. The van der Waals surface area contributed by atoms with Crippen LogP contribution in [0.4, 0.5) is 11.5 Å². The fraction of sp³-hybridized carbons (Fsp3) is 0.364. The highest BCUT2D eigenvalue weighted by atomic mass is 16.1. The number of carbonyl (C=O) groups excluding carboxylic acids is 2. The lowest BCUT2D eigenvalue weighted by atomic mass is 10.00. The van der Waals surface area contributed by atoms with Crippen molar-refractivity contribution in [3.8, 4) is 0 Å². The largest absolute Gasteiger partial charge is 0.397 e. The average molecular weight is 251 g/mol. The van der Waals surface area contributed by atoms with E-state index in [0.29, 0.717) is 5.69 Å². The summed E-state index contributed by atoms with van der Waals surface area (Å²) in [6, 6.07) is 1.43. The zero-order chi connectivity index (χ0) is 13.9. The van der Waals surface area contributed by atoms with E-state index in [2.05, 4.69) is 10.3 Å². The van der Waals surface area contributed by atoms with Crippen LogP contribution < -0.4 is 22.5 Å². The maximum absolute atomic E-state index is 11.3. The summed E-state index contributed by atoms with van der Waals surface area (Å²) in [5.41, 5.74) is 15.8. The van der Waals surface area contributed by atoms with Crippen molar-refractivity contribution >= 4 is 23.3 Å². The Labute approximate surface area is 105 Å². The van der Waals surface area contributed by atoms with Crippen molar-refractivity contribution in [3.05, 3.63) is 17.8 Å². The minimum Gasteiger partial charge on any atom is -0.397 e. The van der Waals surface area contributed by atoms with Gasteiger partial charge in [-0.15, -0.1) is 0 Å². The van der Waals surface area contributed by atoms with E-state index in [1.165, 1.54) is 12.3 Å². The zero-order valence-corrected chi connectivity index (χ0v) is 10.4. The highest BCUT2D eigenvalue weighted by molar-refractivity contribution is 5.98. The van der Waals surface area contributed by atoms with Crippen molar-refractivity contribution < 1.29 is 9.59 Å². The molecule has 0 saturated heterocycles. The first-order valence-electron chi connectivity index (χ1n) is 5.33. The number of nitrogens with two attached hydrogens (primary N) is 3. The normalized spacial score (nSPS) is 11.0.